The van der Waals surface area contributed by atoms with E-state index in [1.165, 1.54) is 21.1 Å². The number of nitrogens with two attached hydrogens (primary N) is 2. The first-order valence-corrected chi connectivity index (χ1v) is 14.7. The Kier molecular flexibility index (Phi) is 5.59. The number of fused-ring (bicyclic) bond motifs is 1. The van der Waals surface area contributed by atoms with E-state index in [4.69, 9.17) is 16.2 Å². The Labute approximate surface area is 233 Å². The van der Waals surface area contributed by atoms with Crippen molar-refractivity contribution >= 4 is 29.8 Å². The van der Waals surface area contributed by atoms with Gasteiger partial charge in [0.15, 0.2) is 0 Å². The first-order valence-electron chi connectivity index (χ1n) is 14.7. The summed E-state index contributed by atoms with van der Waals surface area (Å²) in [6.45, 7) is 2.02. The van der Waals surface area contributed by atoms with Crippen LogP contribution >= 0.6 is 0 Å². The van der Waals surface area contributed by atoms with Crippen LogP contribution in [0.25, 0.3) is 0 Å². The predicted molar refractivity (Wildman–Crippen MR) is 140 cm³/mol. The molecule has 3 aliphatic heterocycles. The first kappa shape index (κ1) is 25.8. The normalized spacial score (nSPS) is 39.4. The molecule has 2 spiro atoms. The fourth-order valence-electron chi connectivity index (χ4n) is 8.77. The van der Waals surface area contributed by atoms with Crippen molar-refractivity contribution < 1.29 is 28.7 Å². The van der Waals surface area contributed by atoms with Gasteiger partial charge in [0.05, 0.1) is 13.2 Å². The van der Waals surface area contributed by atoms with E-state index in [0.29, 0.717) is 57.3 Å². The Bertz CT molecular complexity index is 1210. The van der Waals surface area contributed by atoms with E-state index in [2.05, 4.69) is 0 Å². The van der Waals surface area contributed by atoms with Crippen molar-refractivity contribution in [3.63, 3.8) is 0 Å². The minimum absolute atomic E-state index is 0.125. The van der Waals surface area contributed by atoms with Crippen LogP contribution in [0.2, 0.25) is 0 Å². The van der Waals surface area contributed by atoms with Crippen LogP contribution in [-0.2, 0) is 19.1 Å². The van der Waals surface area contributed by atoms with Gasteiger partial charge in [-0.25, -0.2) is 9.59 Å². The predicted octanol–water partition coefficient (Wildman–Crippen LogP) is 0.954. The Morgan fingerprint density at radius 2 is 1.52 bits per heavy atom. The van der Waals surface area contributed by atoms with Gasteiger partial charge in [-0.3, -0.25) is 29.1 Å². The molecule has 7 rings (SSSR count). The molecule has 216 valence electrons. The number of imide groups is 3. The van der Waals surface area contributed by atoms with E-state index in [1.807, 2.05) is 0 Å². The summed E-state index contributed by atoms with van der Waals surface area (Å²) in [5.74, 6) is 0.00157. The molecule has 0 radical (unpaired) electrons. The smallest absolute Gasteiger partial charge is 0.334 e. The van der Waals surface area contributed by atoms with Gasteiger partial charge in [0, 0.05) is 32.1 Å². The molecule has 4 N–H and O–H groups in total. The molecule has 3 atom stereocenters. The number of hydrogen-bond acceptors (Lipinski definition) is 8. The second-order valence-electron chi connectivity index (χ2n) is 13.6. The maximum Gasteiger partial charge on any atom is 0.334 e. The lowest BCUT2D eigenvalue weighted by molar-refractivity contribution is -0.153. The van der Waals surface area contributed by atoms with Crippen molar-refractivity contribution in [1.29, 1.82) is 0 Å². The van der Waals surface area contributed by atoms with Crippen LogP contribution in [0, 0.1) is 29.1 Å². The van der Waals surface area contributed by atoms with Gasteiger partial charge in [0.1, 0.15) is 16.9 Å². The third-order valence-corrected chi connectivity index (χ3v) is 11.0. The van der Waals surface area contributed by atoms with Crippen LogP contribution in [0.1, 0.15) is 57.8 Å². The molecule has 4 saturated carbocycles. The fourth-order valence-corrected chi connectivity index (χ4v) is 8.77. The van der Waals surface area contributed by atoms with Crippen LogP contribution in [-0.4, -0.2) is 94.3 Å². The van der Waals surface area contributed by atoms with E-state index in [-0.39, 0.29) is 53.2 Å². The van der Waals surface area contributed by atoms with Crippen LogP contribution in [0.15, 0.2) is 11.4 Å². The van der Waals surface area contributed by atoms with Crippen LogP contribution in [0.5, 0.6) is 0 Å². The minimum atomic E-state index is -0.805. The number of hydrogen-bond donors (Lipinski definition) is 2. The molecule has 0 aromatic heterocycles. The molecule has 1 unspecified atom stereocenters. The van der Waals surface area contributed by atoms with Crippen molar-refractivity contribution in [2.75, 3.05) is 33.4 Å². The molecule has 7 aliphatic rings. The number of ether oxygens (including phenoxy) is 1. The Morgan fingerprint density at radius 3 is 2.10 bits per heavy atom. The zero-order valence-corrected chi connectivity index (χ0v) is 23.0. The monoisotopic (exact) mass is 554 g/mol. The topological polar surface area (TPSA) is 160 Å². The molecule has 7 fully saturated rings. The van der Waals surface area contributed by atoms with Crippen LogP contribution in [0.4, 0.5) is 9.59 Å². The Balaban J connectivity index is 1.05. The van der Waals surface area contributed by atoms with Gasteiger partial charge in [0.25, 0.3) is 17.7 Å². The quantitative estimate of drug-likeness (QED) is 0.289. The third-order valence-electron chi connectivity index (χ3n) is 11.0. The molecule has 3 saturated heterocycles. The van der Waals surface area contributed by atoms with Gasteiger partial charge >= 0.3 is 12.1 Å². The highest BCUT2D eigenvalue weighted by molar-refractivity contribution is 6.29. The molecule has 12 nitrogen and oxygen atoms in total. The van der Waals surface area contributed by atoms with E-state index < -0.39 is 23.4 Å². The molecule has 12 heteroatoms. The summed E-state index contributed by atoms with van der Waals surface area (Å²) in [5, 5.41) is 0. The fraction of sp³-hybridized carbons (Fsp3) is 0.750. The van der Waals surface area contributed by atoms with Gasteiger partial charge in [-0.05, 0) is 81.0 Å². The lowest BCUT2D eigenvalue weighted by atomic mass is 9.51. The average molecular weight is 555 g/mol. The van der Waals surface area contributed by atoms with Crippen molar-refractivity contribution in [3.05, 3.63) is 11.4 Å². The molecular weight excluding hydrogens is 516 g/mol. The van der Waals surface area contributed by atoms with Gasteiger partial charge in [0.2, 0.25) is 0 Å². The number of likely N-dealkylation sites (N-methyl/N-ethyl adjacent to an activating group) is 1. The van der Waals surface area contributed by atoms with Gasteiger partial charge in [-0.1, -0.05) is 0 Å². The minimum Gasteiger partial charge on any atom is -0.385 e. The molecule has 0 bridgehead atoms. The largest absolute Gasteiger partial charge is 0.385 e. The summed E-state index contributed by atoms with van der Waals surface area (Å²) in [5.41, 5.74) is 10.4. The highest BCUT2D eigenvalue weighted by Gasteiger charge is 2.68. The number of rotatable bonds is 5. The second kappa shape index (κ2) is 8.67. The Morgan fingerprint density at radius 1 is 0.875 bits per heavy atom. The second-order valence-corrected chi connectivity index (χ2v) is 13.6. The summed E-state index contributed by atoms with van der Waals surface area (Å²) < 4.78 is 5.29. The number of barbiturate groups is 1. The van der Waals surface area contributed by atoms with Gasteiger partial charge < -0.3 is 21.1 Å². The average Bonchev–Trinajstić information content (AvgIpc) is 3.43. The highest BCUT2D eigenvalue weighted by Crippen LogP contribution is 2.61. The lowest BCUT2D eigenvalue weighted by Crippen LogP contribution is -2.66. The number of amides is 7. The Hall–Kier alpha value is -3.15. The molecule has 0 aromatic carbocycles. The van der Waals surface area contributed by atoms with E-state index >= 15 is 0 Å². The van der Waals surface area contributed by atoms with E-state index in [1.54, 1.807) is 11.9 Å². The van der Waals surface area contributed by atoms with Crippen LogP contribution < -0.4 is 11.5 Å². The van der Waals surface area contributed by atoms with Crippen molar-refractivity contribution in [3.8, 4) is 0 Å². The summed E-state index contributed by atoms with van der Waals surface area (Å²) in [7, 11) is 1.55. The molecule has 4 aliphatic carbocycles. The first-order chi connectivity index (χ1) is 19.0. The number of urea groups is 2. The maximum atomic E-state index is 13.6. The molecule has 0 aromatic rings. The SMILES string of the molecule is CN1C(=O)N(CC2COC2)C2(CC3(CCC(N4C(=O)C(=C(N)N)C(=O)N(CC5C[C@@H]6C[C@@H]6C5)C4=O)CC3)C2)C1=O. The molecule has 7 amide bonds. The van der Waals surface area contributed by atoms with Gasteiger partial charge in [-0.2, -0.15) is 0 Å². The molecular formula is C28H38N6O6. The lowest BCUT2D eigenvalue weighted by Gasteiger charge is -2.59. The summed E-state index contributed by atoms with van der Waals surface area (Å²) in [6, 6.07) is -1.19. The van der Waals surface area contributed by atoms with Crippen molar-refractivity contribution in [1.82, 2.24) is 19.6 Å². The maximum absolute atomic E-state index is 13.6. The summed E-state index contributed by atoms with van der Waals surface area (Å²) >= 11 is 0. The van der Waals surface area contributed by atoms with Crippen molar-refractivity contribution in [2.24, 2.45) is 40.6 Å². The highest BCUT2D eigenvalue weighted by atomic mass is 16.5. The molecule has 3 heterocycles. The van der Waals surface area contributed by atoms with Gasteiger partial charge in [-0.15, -0.1) is 0 Å². The number of nitrogens with zero attached hydrogens (tertiary/aromatic N) is 4. The number of carbonyl (C=O) groups is 5. The summed E-state index contributed by atoms with van der Waals surface area (Å²) in [6.07, 6.45) is 6.99. The van der Waals surface area contributed by atoms with E-state index in [0.717, 1.165) is 25.7 Å². The number of carbonyl (C=O) groups excluding carboxylic acids is 5. The van der Waals surface area contributed by atoms with Crippen LogP contribution in [0.3, 0.4) is 0 Å². The zero-order chi connectivity index (χ0) is 28.1. The summed E-state index contributed by atoms with van der Waals surface area (Å²) in [4.78, 5) is 71.8. The third kappa shape index (κ3) is 3.63. The zero-order valence-electron chi connectivity index (χ0n) is 23.0. The van der Waals surface area contributed by atoms with Crippen molar-refractivity contribution in [2.45, 2.75) is 69.4 Å². The standard InChI is InChI=1S/C28H38N6O6/c1-31-24(37)28(33(25(31)38)10-16-11-40-12-16)13-27(14-28)4-2-19(3-5-27)34-23(36)20(21(29)30)22(35)32(26(34)39)9-15-6-17-8-18(17)7-15/h15-19H,2-14,29-30H2,1H3/t15?,17-,18+,19?,27?,28?. The molecule has 40 heavy (non-hydrogen) atoms. The van der Waals surface area contributed by atoms with E-state index in [9.17, 15) is 24.0 Å².